The molecule has 0 saturated heterocycles. The summed E-state index contributed by atoms with van der Waals surface area (Å²) in [6, 6.07) is 0. The van der Waals surface area contributed by atoms with E-state index >= 15 is 0 Å². The van der Waals surface area contributed by atoms with Crippen molar-refractivity contribution in [2.75, 3.05) is 34.3 Å². The van der Waals surface area contributed by atoms with Gasteiger partial charge in [-0.15, -0.1) is 0 Å². The maximum Gasteiger partial charge on any atom is 0.255 e. The second-order valence-corrected chi connectivity index (χ2v) is 11.7. The van der Waals surface area contributed by atoms with E-state index in [1.54, 1.807) is 0 Å². The van der Waals surface area contributed by atoms with Crippen LogP contribution in [0.5, 0.6) is 0 Å². The molecule has 190 valence electrons. The zero-order valence-corrected chi connectivity index (χ0v) is 23.0. The van der Waals surface area contributed by atoms with E-state index in [1.807, 2.05) is 0 Å². The van der Waals surface area contributed by atoms with Crippen molar-refractivity contribution in [1.29, 1.82) is 0 Å². The van der Waals surface area contributed by atoms with Gasteiger partial charge in [0.1, 0.15) is 13.2 Å². The molecule has 0 radical (unpaired) electrons. The lowest BCUT2D eigenvalue weighted by Gasteiger charge is -2.23. The molecule has 1 unspecified atom stereocenters. The number of carbonyl (C=O) groups excluding carboxylic acids is 1. The molecule has 0 N–H and O–H groups in total. The van der Waals surface area contributed by atoms with Crippen molar-refractivity contribution >= 4 is 13.6 Å². The van der Waals surface area contributed by atoms with Gasteiger partial charge in [-0.2, -0.15) is 0 Å². The summed E-state index contributed by atoms with van der Waals surface area (Å²) >= 11 is 0. The van der Waals surface area contributed by atoms with Crippen LogP contribution in [-0.2, 0) is 13.9 Å². The van der Waals surface area contributed by atoms with Crippen molar-refractivity contribution in [1.82, 2.24) is 0 Å². The summed E-state index contributed by atoms with van der Waals surface area (Å²) in [4.78, 5) is 11.9. The predicted octanol–water partition coefficient (Wildman–Crippen LogP) is 8.31. The van der Waals surface area contributed by atoms with Gasteiger partial charge in [0.05, 0.1) is 21.1 Å². The van der Waals surface area contributed by atoms with Crippen molar-refractivity contribution < 1.29 is 18.4 Å². The summed E-state index contributed by atoms with van der Waals surface area (Å²) in [6.07, 6.45) is 27.0. The zero-order chi connectivity index (χ0) is 23.9. The van der Waals surface area contributed by atoms with E-state index in [-0.39, 0.29) is 5.52 Å². The van der Waals surface area contributed by atoms with Crippen LogP contribution in [0.1, 0.15) is 122 Å². The van der Waals surface area contributed by atoms with Crippen molar-refractivity contribution in [3.8, 4) is 0 Å². The summed E-state index contributed by atoms with van der Waals surface area (Å²) in [7, 11) is 3.65. The molecule has 1 atom stereocenters. The van der Waals surface area contributed by atoms with Gasteiger partial charge in [-0.3, -0.25) is 9.36 Å². The molecule has 0 aliphatic carbocycles. The molecule has 32 heavy (non-hydrogen) atoms. The maximum atomic E-state index is 11.9. The van der Waals surface area contributed by atoms with E-state index in [0.29, 0.717) is 13.0 Å². The van der Waals surface area contributed by atoms with Crippen molar-refractivity contribution in [3.05, 3.63) is 12.2 Å². The van der Waals surface area contributed by atoms with Gasteiger partial charge in [-0.25, -0.2) is 0 Å². The highest BCUT2D eigenvalue weighted by Gasteiger charge is 2.14. The summed E-state index contributed by atoms with van der Waals surface area (Å²) in [5, 5.41) is 0. The van der Waals surface area contributed by atoms with E-state index < -0.39 is 8.03 Å². The number of unbranched alkanes of at least 4 members (excludes halogenated alkanes) is 15. The highest BCUT2D eigenvalue weighted by molar-refractivity contribution is 7.59. The molecule has 0 fully saturated rings. The van der Waals surface area contributed by atoms with Crippen LogP contribution in [0.15, 0.2) is 12.2 Å². The molecule has 0 heterocycles. The van der Waals surface area contributed by atoms with E-state index in [1.165, 1.54) is 96.3 Å². The van der Waals surface area contributed by atoms with Gasteiger partial charge in [0, 0.05) is 6.42 Å². The lowest BCUT2D eigenvalue weighted by atomic mass is 10.1. The summed E-state index contributed by atoms with van der Waals surface area (Å²) in [6.45, 7) is 3.43. The molecular formula is C27H55NO3P+. The third-order valence-electron chi connectivity index (χ3n) is 5.89. The molecular weight excluding hydrogens is 417 g/mol. The molecule has 4 nitrogen and oxygen atoms in total. The minimum atomic E-state index is -2.52. The molecule has 0 aromatic rings. The van der Waals surface area contributed by atoms with Gasteiger partial charge in [-0.05, 0) is 32.1 Å². The average Bonchev–Trinajstić information content (AvgIpc) is 2.74. The first kappa shape index (κ1) is 31.6. The third kappa shape index (κ3) is 24.2. The predicted molar refractivity (Wildman–Crippen MR) is 141 cm³/mol. The second-order valence-electron chi connectivity index (χ2n) is 10.3. The Morgan fingerprint density at radius 2 is 1.16 bits per heavy atom. The molecule has 0 amide bonds. The Morgan fingerprint density at radius 1 is 0.719 bits per heavy atom. The van der Waals surface area contributed by atoms with Crippen molar-refractivity contribution in [2.24, 2.45) is 0 Å². The van der Waals surface area contributed by atoms with E-state index in [4.69, 9.17) is 4.52 Å². The lowest BCUT2D eigenvalue weighted by Crippen LogP contribution is -2.37. The van der Waals surface area contributed by atoms with E-state index in [9.17, 15) is 9.36 Å². The molecule has 0 bridgehead atoms. The van der Waals surface area contributed by atoms with E-state index in [0.717, 1.165) is 23.9 Å². The number of rotatable bonds is 24. The second kappa shape index (κ2) is 22.4. The third-order valence-corrected chi connectivity index (χ3v) is 7.06. The molecule has 0 spiro atoms. The number of allylic oxidation sites excluding steroid dienone is 2. The number of likely N-dealkylation sites (N-methyl/N-ethyl adjacent to an activating group) is 1. The van der Waals surface area contributed by atoms with Gasteiger partial charge in [0.2, 0.25) is 5.52 Å². The Balaban J connectivity index is 3.33. The highest BCUT2D eigenvalue weighted by atomic mass is 31.1. The van der Waals surface area contributed by atoms with Crippen LogP contribution < -0.4 is 0 Å². The Morgan fingerprint density at radius 3 is 1.62 bits per heavy atom. The van der Waals surface area contributed by atoms with Gasteiger partial charge < -0.3 is 9.01 Å². The van der Waals surface area contributed by atoms with Crippen LogP contribution in [0, 0.1) is 0 Å². The van der Waals surface area contributed by atoms with Crippen molar-refractivity contribution in [3.63, 3.8) is 0 Å². The quantitative estimate of drug-likeness (QED) is 0.0614. The normalized spacial score (nSPS) is 13.1. The standard InChI is InChI=1S/C27H55NO3P/c1-5-6-7-8-9-10-11-12-13-14-15-16-17-18-19-20-21-22-23-24-27(29)32(30)31-26-25-28(2,3)4/h12-13,32H,5-11,14-26H2,1-4H3/q+1/b13-12-. The fourth-order valence-corrected chi connectivity index (χ4v) is 4.48. The SMILES string of the molecule is CCCCCCCC/C=C\CCCCCCCCCCCC(=O)[PH](=O)OCC[N+](C)(C)C. The number of hydrogen-bond donors (Lipinski definition) is 0. The summed E-state index contributed by atoms with van der Waals surface area (Å²) in [5.41, 5.74) is -0.183. The molecule has 0 aliphatic heterocycles. The van der Waals surface area contributed by atoms with Crippen LogP contribution in [0.25, 0.3) is 0 Å². The van der Waals surface area contributed by atoms with Gasteiger partial charge >= 0.3 is 0 Å². The van der Waals surface area contributed by atoms with Gasteiger partial charge in [0.15, 0.2) is 0 Å². The Bertz CT molecular complexity index is 486. The molecule has 0 aliphatic rings. The molecule has 0 aromatic heterocycles. The highest BCUT2D eigenvalue weighted by Crippen LogP contribution is 2.26. The fourth-order valence-electron chi connectivity index (χ4n) is 3.66. The van der Waals surface area contributed by atoms with Crippen LogP contribution in [0.3, 0.4) is 0 Å². The smallest absolute Gasteiger partial charge is 0.255 e. The lowest BCUT2D eigenvalue weighted by molar-refractivity contribution is -0.870. The number of carbonyl (C=O) groups is 1. The fraction of sp³-hybridized carbons (Fsp3) is 0.889. The summed E-state index contributed by atoms with van der Waals surface area (Å²) < 4.78 is 17.9. The number of nitrogens with zero attached hydrogens (tertiary/aromatic N) is 1. The number of quaternary nitrogens is 1. The Hall–Kier alpha value is -0.440. The van der Waals surface area contributed by atoms with Crippen LogP contribution in [0.4, 0.5) is 0 Å². The molecule has 0 rings (SSSR count). The number of hydrogen-bond acceptors (Lipinski definition) is 3. The Kier molecular flexibility index (Phi) is 22.0. The van der Waals surface area contributed by atoms with Crippen LogP contribution in [0.2, 0.25) is 0 Å². The minimum Gasteiger partial charge on any atom is -0.329 e. The van der Waals surface area contributed by atoms with Crippen molar-refractivity contribution in [2.45, 2.75) is 122 Å². The molecule has 0 saturated carbocycles. The largest absolute Gasteiger partial charge is 0.329 e. The Labute approximate surface area is 201 Å². The average molecular weight is 473 g/mol. The molecule has 0 aromatic carbocycles. The monoisotopic (exact) mass is 472 g/mol. The zero-order valence-electron chi connectivity index (χ0n) is 22.0. The maximum absolute atomic E-state index is 11.9. The molecule has 5 heteroatoms. The first-order valence-electron chi connectivity index (χ1n) is 13.5. The van der Waals surface area contributed by atoms with E-state index in [2.05, 4.69) is 40.2 Å². The first-order valence-corrected chi connectivity index (χ1v) is 14.8. The topological polar surface area (TPSA) is 43.4 Å². The van der Waals surface area contributed by atoms with Gasteiger partial charge in [0.25, 0.3) is 8.03 Å². The van der Waals surface area contributed by atoms with Crippen LogP contribution in [-0.4, -0.2) is 44.3 Å². The summed E-state index contributed by atoms with van der Waals surface area (Å²) in [5.74, 6) is 0. The van der Waals surface area contributed by atoms with Crippen LogP contribution >= 0.6 is 8.03 Å². The first-order chi connectivity index (χ1) is 15.4. The minimum absolute atomic E-state index is 0.183. The van der Waals surface area contributed by atoms with Gasteiger partial charge in [-0.1, -0.05) is 96.1 Å².